The first-order valence-electron chi connectivity index (χ1n) is 5.86. The van der Waals surface area contributed by atoms with Gasteiger partial charge >= 0.3 is 5.97 Å². The van der Waals surface area contributed by atoms with Crippen molar-refractivity contribution in [3.05, 3.63) is 23.8 Å². The SMILES string of the molecule is CCCN(c1ccc(C(=O)O)cc1N)C(C)C. The fourth-order valence-corrected chi connectivity index (χ4v) is 1.85. The molecular weight excluding hydrogens is 216 g/mol. The van der Waals surface area contributed by atoms with Crippen LogP contribution >= 0.6 is 0 Å². The molecule has 1 aromatic rings. The molecule has 0 heterocycles. The number of carbonyl (C=O) groups is 1. The molecule has 0 unspecified atom stereocenters. The maximum Gasteiger partial charge on any atom is 0.335 e. The summed E-state index contributed by atoms with van der Waals surface area (Å²) in [4.78, 5) is 13.0. The summed E-state index contributed by atoms with van der Waals surface area (Å²) < 4.78 is 0. The average molecular weight is 236 g/mol. The Kier molecular flexibility index (Phi) is 4.37. The number of hydrogen-bond acceptors (Lipinski definition) is 3. The van der Waals surface area contributed by atoms with Crippen LogP contribution in [0.1, 0.15) is 37.6 Å². The Bertz CT molecular complexity index is 402. The summed E-state index contributed by atoms with van der Waals surface area (Å²) in [5.74, 6) is -0.949. The van der Waals surface area contributed by atoms with Gasteiger partial charge in [0.1, 0.15) is 0 Å². The molecule has 3 N–H and O–H groups in total. The highest BCUT2D eigenvalue weighted by Gasteiger charge is 2.14. The van der Waals surface area contributed by atoms with Crippen molar-refractivity contribution >= 4 is 17.3 Å². The van der Waals surface area contributed by atoms with Gasteiger partial charge < -0.3 is 15.7 Å². The number of nitrogen functional groups attached to an aromatic ring is 1. The molecule has 0 radical (unpaired) electrons. The van der Waals surface area contributed by atoms with Gasteiger partial charge in [0.25, 0.3) is 0 Å². The number of benzene rings is 1. The molecule has 0 saturated carbocycles. The van der Waals surface area contributed by atoms with Crippen LogP contribution in [-0.4, -0.2) is 23.7 Å². The third-order valence-corrected chi connectivity index (χ3v) is 2.67. The summed E-state index contributed by atoms with van der Waals surface area (Å²) in [5.41, 5.74) is 7.58. The summed E-state index contributed by atoms with van der Waals surface area (Å²) >= 11 is 0. The Morgan fingerprint density at radius 2 is 2.12 bits per heavy atom. The monoisotopic (exact) mass is 236 g/mol. The van der Waals surface area contributed by atoms with E-state index < -0.39 is 5.97 Å². The molecule has 0 aliphatic carbocycles. The molecule has 0 aromatic heterocycles. The first kappa shape index (κ1) is 13.4. The van der Waals surface area contributed by atoms with Crippen LogP contribution < -0.4 is 10.6 Å². The van der Waals surface area contributed by atoms with Gasteiger partial charge in [0.15, 0.2) is 0 Å². The lowest BCUT2D eigenvalue weighted by atomic mass is 10.1. The number of nitrogens with zero attached hydrogens (tertiary/aromatic N) is 1. The van der Waals surface area contributed by atoms with Crippen LogP contribution in [0.4, 0.5) is 11.4 Å². The van der Waals surface area contributed by atoms with Gasteiger partial charge in [-0.1, -0.05) is 6.92 Å². The third-order valence-electron chi connectivity index (χ3n) is 2.67. The van der Waals surface area contributed by atoms with E-state index in [0.29, 0.717) is 11.7 Å². The smallest absolute Gasteiger partial charge is 0.335 e. The van der Waals surface area contributed by atoms with Crippen LogP contribution in [0.25, 0.3) is 0 Å². The zero-order valence-corrected chi connectivity index (χ0v) is 10.6. The van der Waals surface area contributed by atoms with E-state index in [1.165, 1.54) is 6.07 Å². The van der Waals surface area contributed by atoms with Crippen molar-refractivity contribution in [2.45, 2.75) is 33.2 Å². The molecule has 1 rings (SSSR count). The lowest BCUT2D eigenvalue weighted by Crippen LogP contribution is -2.32. The van der Waals surface area contributed by atoms with Crippen LogP contribution in [0.15, 0.2) is 18.2 Å². The van der Waals surface area contributed by atoms with Crippen molar-refractivity contribution in [2.24, 2.45) is 0 Å². The average Bonchev–Trinajstić information content (AvgIpc) is 2.26. The van der Waals surface area contributed by atoms with Crippen LogP contribution in [0.2, 0.25) is 0 Å². The van der Waals surface area contributed by atoms with Crippen LogP contribution in [-0.2, 0) is 0 Å². The zero-order chi connectivity index (χ0) is 13.0. The molecule has 0 bridgehead atoms. The molecule has 0 atom stereocenters. The Morgan fingerprint density at radius 3 is 2.53 bits per heavy atom. The normalized spacial score (nSPS) is 10.6. The van der Waals surface area contributed by atoms with Gasteiger partial charge in [0.05, 0.1) is 16.9 Å². The fraction of sp³-hybridized carbons (Fsp3) is 0.462. The van der Waals surface area contributed by atoms with Gasteiger partial charge in [-0.25, -0.2) is 4.79 Å². The van der Waals surface area contributed by atoms with E-state index in [-0.39, 0.29) is 5.56 Å². The van der Waals surface area contributed by atoms with Gasteiger partial charge in [0, 0.05) is 12.6 Å². The molecule has 1 aromatic carbocycles. The molecule has 0 aliphatic heterocycles. The number of carboxylic acid groups (broad SMARTS) is 1. The largest absolute Gasteiger partial charge is 0.478 e. The Hall–Kier alpha value is -1.71. The second kappa shape index (κ2) is 5.57. The molecule has 4 heteroatoms. The van der Waals surface area contributed by atoms with Crippen molar-refractivity contribution in [3.63, 3.8) is 0 Å². The standard InChI is InChI=1S/C13H20N2O2/c1-4-7-15(9(2)3)12-6-5-10(13(16)17)8-11(12)14/h5-6,8-9H,4,7,14H2,1-3H3,(H,16,17). The van der Waals surface area contributed by atoms with Crippen molar-refractivity contribution in [1.29, 1.82) is 0 Å². The highest BCUT2D eigenvalue weighted by atomic mass is 16.4. The number of nitrogens with two attached hydrogens (primary N) is 1. The van der Waals surface area contributed by atoms with Crippen LogP contribution in [0, 0.1) is 0 Å². The van der Waals surface area contributed by atoms with Gasteiger partial charge in [-0.3, -0.25) is 0 Å². The van der Waals surface area contributed by atoms with Crippen molar-refractivity contribution in [2.75, 3.05) is 17.2 Å². The molecule has 0 aliphatic rings. The van der Waals surface area contributed by atoms with Crippen molar-refractivity contribution < 1.29 is 9.90 Å². The quantitative estimate of drug-likeness (QED) is 0.771. The van der Waals surface area contributed by atoms with Gasteiger partial charge in [0.2, 0.25) is 0 Å². The molecule has 4 nitrogen and oxygen atoms in total. The zero-order valence-electron chi connectivity index (χ0n) is 10.6. The third kappa shape index (κ3) is 3.12. The Morgan fingerprint density at radius 1 is 1.47 bits per heavy atom. The number of aromatic carboxylic acids is 1. The first-order chi connectivity index (χ1) is 7.97. The highest BCUT2D eigenvalue weighted by molar-refractivity contribution is 5.90. The molecular formula is C13H20N2O2. The van der Waals surface area contributed by atoms with Crippen LogP contribution in [0.5, 0.6) is 0 Å². The minimum Gasteiger partial charge on any atom is -0.478 e. The number of rotatable bonds is 5. The Labute approximate surface area is 102 Å². The molecule has 0 saturated heterocycles. The summed E-state index contributed by atoms with van der Waals surface area (Å²) in [6, 6.07) is 5.24. The predicted octanol–water partition coefficient (Wildman–Crippen LogP) is 2.59. The second-order valence-electron chi connectivity index (χ2n) is 4.37. The van der Waals surface area contributed by atoms with Crippen LogP contribution in [0.3, 0.4) is 0 Å². The predicted molar refractivity (Wildman–Crippen MR) is 70.6 cm³/mol. The molecule has 0 spiro atoms. The van der Waals surface area contributed by atoms with E-state index in [2.05, 4.69) is 25.7 Å². The summed E-state index contributed by atoms with van der Waals surface area (Å²) in [6.07, 6.45) is 1.03. The molecule has 94 valence electrons. The number of hydrogen-bond donors (Lipinski definition) is 2. The van der Waals surface area contributed by atoms with Crippen molar-refractivity contribution in [1.82, 2.24) is 0 Å². The molecule has 0 fully saturated rings. The lowest BCUT2D eigenvalue weighted by molar-refractivity contribution is 0.0697. The van der Waals surface area contributed by atoms with Crippen molar-refractivity contribution in [3.8, 4) is 0 Å². The van der Waals surface area contributed by atoms with E-state index in [0.717, 1.165) is 18.7 Å². The number of anilines is 2. The highest BCUT2D eigenvalue weighted by Crippen LogP contribution is 2.26. The lowest BCUT2D eigenvalue weighted by Gasteiger charge is -2.29. The fourth-order valence-electron chi connectivity index (χ4n) is 1.85. The van der Waals surface area contributed by atoms with E-state index in [1.54, 1.807) is 12.1 Å². The van der Waals surface area contributed by atoms with E-state index >= 15 is 0 Å². The Balaban J connectivity index is 3.08. The minimum absolute atomic E-state index is 0.228. The minimum atomic E-state index is -0.949. The van der Waals surface area contributed by atoms with Gasteiger partial charge in [-0.05, 0) is 38.5 Å². The first-order valence-corrected chi connectivity index (χ1v) is 5.86. The summed E-state index contributed by atoms with van der Waals surface area (Å²) in [6.45, 7) is 7.21. The van der Waals surface area contributed by atoms with E-state index in [4.69, 9.17) is 10.8 Å². The topological polar surface area (TPSA) is 66.6 Å². The van der Waals surface area contributed by atoms with Gasteiger partial charge in [-0.15, -0.1) is 0 Å². The maximum atomic E-state index is 10.8. The summed E-state index contributed by atoms with van der Waals surface area (Å²) in [5, 5.41) is 8.88. The van der Waals surface area contributed by atoms with E-state index in [1.807, 2.05) is 0 Å². The molecule has 17 heavy (non-hydrogen) atoms. The van der Waals surface area contributed by atoms with E-state index in [9.17, 15) is 4.79 Å². The molecule has 0 amide bonds. The van der Waals surface area contributed by atoms with Gasteiger partial charge in [-0.2, -0.15) is 0 Å². The summed E-state index contributed by atoms with van der Waals surface area (Å²) in [7, 11) is 0. The second-order valence-corrected chi connectivity index (χ2v) is 4.37. The number of carboxylic acids is 1. The maximum absolute atomic E-state index is 10.8.